The van der Waals surface area contributed by atoms with Gasteiger partial charge >= 0.3 is 0 Å². The molecule has 0 aliphatic heterocycles. The number of carbonyl (C=O) groups excluding carboxylic acids is 1. The largest absolute Gasteiger partial charge is 0.487 e. The van der Waals surface area contributed by atoms with Crippen molar-refractivity contribution in [2.24, 2.45) is 11.7 Å². The second kappa shape index (κ2) is 8.43. The van der Waals surface area contributed by atoms with Gasteiger partial charge in [0, 0.05) is 23.0 Å². The number of amides is 1. The molecule has 2 atom stereocenters. The zero-order valence-corrected chi connectivity index (χ0v) is 17.8. The summed E-state index contributed by atoms with van der Waals surface area (Å²) in [6, 6.07) is 9.85. The van der Waals surface area contributed by atoms with E-state index in [-0.39, 0.29) is 24.5 Å². The van der Waals surface area contributed by atoms with Crippen molar-refractivity contribution in [3.63, 3.8) is 0 Å². The zero-order valence-electron chi connectivity index (χ0n) is 16.1. The Balaban J connectivity index is 1.88. The van der Waals surface area contributed by atoms with E-state index in [1.807, 2.05) is 50.3 Å². The Morgan fingerprint density at radius 1 is 1.36 bits per heavy atom. The van der Waals surface area contributed by atoms with Crippen molar-refractivity contribution in [2.45, 2.75) is 26.4 Å². The van der Waals surface area contributed by atoms with Crippen LogP contribution in [-0.2, 0) is 4.79 Å². The third kappa shape index (κ3) is 3.97. The Kier molecular flexibility index (Phi) is 6.17. The molecular formula is C21H23N3O2S2. The summed E-state index contributed by atoms with van der Waals surface area (Å²) in [5, 5.41) is 1.01. The van der Waals surface area contributed by atoms with E-state index in [1.54, 1.807) is 7.05 Å². The first kappa shape index (κ1) is 20.5. The second-order valence-electron chi connectivity index (χ2n) is 6.86. The first-order valence-corrected chi connectivity index (χ1v) is 9.92. The summed E-state index contributed by atoms with van der Waals surface area (Å²) in [6.07, 6.45) is 2.17. The predicted molar refractivity (Wildman–Crippen MR) is 120 cm³/mol. The number of nitrogens with two attached hydrogens (primary N) is 1. The van der Waals surface area contributed by atoms with Gasteiger partial charge in [0.1, 0.15) is 17.4 Å². The number of thiocarbonyl (C=S) groups is 2. The highest BCUT2D eigenvalue weighted by Gasteiger charge is 2.34. The molecule has 1 amide bonds. The Morgan fingerprint density at radius 3 is 2.82 bits per heavy atom. The second-order valence-corrected chi connectivity index (χ2v) is 7.83. The molecule has 1 aliphatic rings. The number of carbonyl (C=O) groups is 1. The molecule has 0 saturated heterocycles. The van der Waals surface area contributed by atoms with Crippen LogP contribution in [0.15, 0.2) is 42.1 Å². The number of nitrogens with zero attached hydrogens (tertiary/aromatic N) is 2. The van der Waals surface area contributed by atoms with Gasteiger partial charge in [0.2, 0.25) is 5.91 Å². The molecule has 0 spiro atoms. The Hall–Kier alpha value is -2.22. The molecule has 0 fully saturated rings. The predicted octanol–water partition coefficient (Wildman–Crippen LogP) is 3.37. The number of aryl methyl sites for hydroxylation is 1. The van der Waals surface area contributed by atoms with E-state index in [4.69, 9.17) is 34.9 Å². The molecule has 28 heavy (non-hydrogen) atoms. The molecule has 2 aromatic rings. The van der Waals surface area contributed by atoms with Crippen molar-refractivity contribution in [3.8, 4) is 5.75 Å². The molecule has 1 aliphatic carbocycles. The maximum atomic E-state index is 12.0. The average Bonchev–Trinajstić information content (AvgIpc) is 2.67. The summed E-state index contributed by atoms with van der Waals surface area (Å²) in [4.78, 5) is 19.6. The molecule has 3 rings (SSSR count). The van der Waals surface area contributed by atoms with E-state index in [2.05, 4.69) is 4.98 Å². The van der Waals surface area contributed by atoms with Crippen molar-refractivity contribution < 1.29 is 9.53 Å². The molecule has 1 heterocycles. The van der Waals surface area contributed by atoms with Crippen molar-refractivity contribution in [2.75, 3.05) is 13.6 Å². The number of likely N-dealkylation sites (N-methyl/N-ethyl adjacent to an activating group) is 1. The number of ether oxygens (including phenoxy) is 1. The van der Waals surface area contributed by atoms with E-state index < -0.39 is 0 Å². The molecular weight excluding hydrogens is 390 g/mol. The molecule has 2 unspecified atom stereocenters. The molecule has 146 valence electrons. The fourth-order valence-electron chi connectivity index (χ4n) is 3.36. The van der Waals surface area contributed by atoms with Crippen molar-refractivity contribution >= 4 is 51.0 Å². The summed E-state index contributed by atoms with van der Waals surface area (Å²) >= 11 is 11.3. The summed E-state index contributed by atoms with van der Waals surface area (Å²) in [6.45, 7) is 3.83. The number of fused-ring (bicyclic) bond motifs is 1. The highest BCUT2D eigenvalue weighted by Crippen LogP contribution is 2.30. The van der Waals surface area contributed by atoms with Crippen LogP contribution in [0.5, 0.6) is 5.75 Å². The third-order valence-corrected chi connectivity index (χ3v) is 5.78. The number of para-hydroxylation sites is 1. The minimum absolute atomic E-state index is 0.0708. The van der Waals surface area contributed by atoms with Crippen molar-refractivity contribution in [3.05, 3.63) is 47.8 Å². The third-order valence-electron chi connectivity index (χ3n) is 4.89. The lowest BCUT2D eigenvalue weighted by molar-refractivity contribution is -0.126. The van der Waals surface area contributed by atoms with E-state index in [0.29, 0.717) is 22.7 Å². The van der Waals surface area contributed by atoms with Crippen LogP contribution >= 0.6 is 24.4 Å². The lowest BCUT2D eigenvalue weighted by atomic mass is 9.87. The van der Waals surface area contributed by atoms with E-state index in [0.717, 1.165) is 21.5 Å². The zero-order chi connectivity index (χ0) is 20.4. The minimum atomic E-state index is -0.294. The van der Waals surface area contributed by atoms with Crippen LogP contribution in [0, 0.1) is 12.8 Å². The standard InChI is InChI=1S/C21H23N3O2S2/c1-12-7-8-14-5-4-6-16(20(14)23-12)26-13(2)19-17(27)10-9-15(21(19)28)24(3)18(25)11-22/h4-9,13,19H,10-11,22H2,1-3H3. The van der Waals surface area contributed by atoms with Crippen LogP contribution in [0.4, 0.5) is 0 Å². The van der Waals surface area contributed by atoms with Crippen LogP contribution in [0.25, 0.3) is 10.9 Å². The number of hydrogen-bond acceptors (Lipinski definition) is 6. The minimum Gasteiger partial charge on any atom is -0.487 e. The topological polar surface area (TPSA) is 68.5 Å². The van der Waals surface area contributed by atoms with E-state index in [1.165, 1.54) is 4.90 Å². The monoisotopic (exact) mass is 413 g/mol. The fraction of sp³-hybridized carbons (Fsp3) is 0.333. The van der Waals surface area contributed by atoms with Crippen LogP contribution in [0.3, 0.4) is 0 Å². The molecule has 1 aromatic heterocycles. The fourth-order valence-corrected chi connectivity index (χ4v) is 4.38. The van der Waals surface area contributed by atoms with Gasteiger partial charge in [-0.25, -0.2) is 4.98 Å². The number of aromatic nitrogens is 1. The van der Waals surface area contributed by atoms with Gasteiger partial charge < -0.3 is 15.4 Å². The SMILES string of the molecule is Cc1ccc2cccc(OC(C)C3C(=S)CC=C(N(C)C(=O)CN)C3=S)c2n1. The first-order valence-electron chi connectivity index (χ1n) is 9.10. The highest BCUT2D eigenvalue weighted by molar-refractivity contribution is 7.82. The molecule has 2 N–H and O–H groups in total. The summed E-state index contributed by atoms with van der Waals surface area (Å²) < 4.78 is 6.28. The normalized spacial score (nSPS) is 18.0. The number of pyridine rings is 1. The number of allylic oxidation sites excluding steroid dienone is 2. The quantitative estimate of drug-likeness (QED) is 0.758. The highest BCUT2D eigenvalue weighted by atomic mass is 32.1. The van der Waals surface area contributed by atoms with E-state index in [9.17, 15) is 4.79 Å². The smallest absolute Gasteiger partial charge is 0.240 e. The van der Waals surface area contributed by atoms with Crippen LogP contribution in [0.2, 0.25) is 0 Å². The van der Waals surface area contributed by atoms with Crippen molar-refractivity contribution in [1.82, 2.24) is 9.88 Å². The lowest BCUT2D eigenvalue weighted by Crippen LogP contribution is -2.43. The molecule has 5 nitrogen and oxygen atoms in total. The van der Waals surface area contributed by atoms with Gasteiger partial charge in [-0.15, -0.1) is 0 Å². The van der Waals surface area contributed by atoms with Crippen LogP contribution in [0.1, 0.15) is 19.0 Å². The van der Waals surface area contributed by atoms with Gasteiger partial charge in [0.15, 0.2) is 0 Å². The maximum absolute atomic E-state index is 12.0. The van der Waals surface area contributed by atoms with Gasteiger partial charge in [-0.3, -0.25) is 4.79 Å². The Morgan fingerprint density at radius 2 is 2.11 bits per heavy atom. The Bertz CT molecular complexity index is 987. The Labute approximate surface area is 175 Å². The molecule has 0 saturated carbocycles. The van der Waals surface area contributed by atoms with Crippen molar-refractivity contribution in [1.29, 1.82) is 0 Å². The van der Waals surface area contributed by atoms with Gasteiger partial charge in [-0.1, -0.05) is 48.7 Å². The van der Waals surface area contributed by atoms with Gasteiger partial charge in [0.05, 0.1) is 23.0 Å². The molecule has 0 bridgehead atoms. The summed E-state index contributed by atoms with van der Waals surface area (Å²) in [5.74, 6) is 0.252. The molecule has 0 radical (unpaired) electrons. The molecule has 1 aromatic carbocycles. The van der Waals surface area contributed by atoms with Gasteiger partial charge in [-0.05, 0) is 32.4 Å². The first-order chi connectivity index (χ1) is 13.3. The maximum Gasteiger partial charge on any atom is 0.240 e. The van der Waals surface area contributed by atoms with E-state index >= 15 is 0 Å². The summed E-state index contributed by atoms with van der Waals surface area (Å²) in [7, 11) is 1.68. The number of rotatable bonds is 5. The summed E-state index contributed by atoms with van der Waals surface area (Å²) in [5.41, 5.74) is 7.92. The lowest BCUT2D eigenvalue weighted by Gasteiger charge is -2.33. The number of hydrogen-bond donors (Lipinski definition) is 1. The van der Waals surface area contributed by atoms with Crippen LogP contribution < -0.4 is 10.5 Å². The molecule has 7 heteroatoms. The average molecular weight is 414 g/mol. The van der Waals surface area contributed by atoms with Gasteiger partial charge in [0.25, 0.3) is 0 Å². The van der Waals surface area contributed by atoms with Crippen LogP contribution in [-0.4, -0.2) is 45.2 Å². The number of benzene rings is 1. The van der Waals surface area contributed by atoms with Gasteiger partial charge in [-0.2, -0.15) is 0 Å².